The van der Waals surface area contributed by atoms with Crippen molar-refractivity contribution in [2.24, 2.45) is 0 Å². The molecule has 27 heavy (non-hydrogen) atoms. The van der Waals surface area contributed by atoms with Crippen molar-refractivity contribution in [2.75, 3.05) is 11.1 Å². The molecule has 3 heterocycles. The number of anilines is 2. The molecule has 0 atom stereocenters. The van der Waals surface area contributed by atoms with E-state index in [1.165, 1.54) is 18.3 Å². The molecule has 3 aromatic heterocycles. The van der Waals surface area contributed by atoms with Crippen LogP contribution in [0.3, 0.4) is 0 Å². The van der Waals surface area contributed by atoms with E-state index in [1.807, 2.05) is 19.9 Å². The second-order valence-electron chi connectivity index (χ2n) is 5.86. The minimum absolute atomic E-state index is 0.225. The molecule has 0 aliphatic heterocycles. The highest BCUT2D eigenvalue weighted by atomic mass is 32.1. The van der Waals surface area contributed by atoms with Crippen molar-refractivity contribution in [3.05, 3.63) is 39.2 Å². The number of nitrogen functional groups attached to an aromatic ring is 1. The molecular formula is C17H17N5O3S2. The van der Waals surface area contributed by atoms with Crippen LogP contribution in [0.1, 0.15) is 37.5 Å². The SMILES string of the molecule is CC(=O)Nc1ccc(C(=O)NNC(=O)c2sc3nc(C)cc(C)c3c2N)s1. The number of carbonyl (C=O) groups excluding carboxylic acids is 3. The summed E-state index contributed by atoms with van der Waals surface area (Å²) in [6, 6.07) is 5.07. The van der Waals surface area contributed by atoms with E-state index in [0.29, 0.717) is 20.4 Å². The number of carbonyl (C=O) groups is 3. The van der Waals surface area contributed by atoms with Gasteiger partial charge in [0.2, 0.25) is 5.91 Å². The zero-order valence-corrected chi connectivity index (χ0v) is 16.4. The number of aromatic nitrogens is 1. The van der Waals surface area contributed by atoms with Crippen LogP contribution in [0.5, 0.6) is 0 Å². The smallest absolute Gasteiger partial charge is 0.281 e. The zero-order valence-electron chi connectivity index (χ0n) is 14.8. The molecule has 3 aromatic rings. The second-order valence-corrected chi connectivity index (χ2v) is 7.94. The molecule has 0 spiro atoms. The third-order valence-corrected chi connectivity index (χ3v) is 5.75. The van der Waals surface area contributed by atoms with Gasteiger partial charge in [-0.15, -0.1) is 22.7 Å². The maximum Gasteiger partial charge on any atom is 0.281 e. The quantitative estimate of drug-likeness (QED) is 0.500. The van der Waals surface area contributed by atoms with E-state index in [1.54, 1.807) is 12.1 Å². The molecule has 5 N–H and O–H groups in total. The van der Waals surface area contributed by atoms with Crippen LogP contribution in [0, 0.1) is 13.8 Å². The summed E-state index contributed by atoms with van der Waals surface area (Å²) in [5.41, 5.74) is 13.0. The Morgan fingerprint density at radius 3 is 2.48 bits per heavy atom. The minimum atomic E-state index is -0.514. The summed E-state index contributed by atoms with van der Waals surface area (Å²) in [6.07, 6.45) is 0. The van der Waals surface area contributed by atoms with Crippen LogP contribution in [-0.2, 0) is 4.79 Å². The van der Waals surface area contributed by atoms with Crippen molar-refractivity contribution in [1.82, 2.24) is 15.8 Å². The van der Waals surface area contributed by atoms with E-state index in [2.05, 4.69) is 21.2 Å². The van der Waals surface area contributed by atoms with Gasteiger partial charge in [0.25, 0.3) is 11.8 Å². The maximum atomic E-state index is 12.4. The van der Waals surface area contributed by atoms with Crippen molar-refractivity contribution >= 4 is 61.3 Å². The van der Waals surface area contributed by atoms with Gasteiger partial charge in [0.15, 0.2) is 0 Å². The van der Waals surface area contributed by atoms with Gasteiger partial charge in [-0.2, -0.15) is 0 Å². The molecule has 10 heteroatoms. The van der Waals surface area contributed by atoms with Gasteiger partial charge in [0.1, 0.15) is 9.71 Å². The Bertz CT molecular complexity index is 1070. The standard InChI is InChI=1S/C17H17N5O3S2/c1-7-6-8(2)19-17-12(7)13(18)14(27-17)16(25)22-21-15(24)10-4-5-11(26-10)20-9(3)23/h4-6H,18H2,1-3H3,(H,20,23)(H,21,24)(H,22,25). The second kappa shape index (κ2) is 7.33. The van der Waals surface area contributed by atoms with E-state index in [0.717, 1.165) is 28.0 Å². The van der Waals surface area contributed by atoms with Crippen molar-refractivity contribution in [1.29, 1.82) is 0 Å². The molecule has 0 bridgehead atoms. The Balaban J connectivity index is 1.72. The Labute approximate surface area is 162 Å². The monoisotopic (exact) mass is 403 g/mol. The first kappa shape index (κ1) is 18.8. The number of hydrogen-bond acceptors (Lipinski definition) is 7. The first-order chi connectivity index (χ1) is 12.8. The number of hydrazine groups is 1. The molecule has 3 amide bonds. The van der Waals surface area contributed by atoms with Gasteiger partial charge >= 0.3 is 0 Å². The van der Waals surface area contributed by atoms with Crippen LogP contribution in [0.4, 0.5) is 10.7 Å². The van der Waals surface area contributed by atoms with Crippen molar-refractivity contribution in [3.8, 4) is 0 Å². The molecule has 0 aromatic carbocycles. The average molecular weight is 403 g/mol. The van der Waals surface area contributed by atoms with Crippen LogP contribution in [0.15, 0.2) is 18.2 Å². The van der Waals surface area contributed by atoms with Gasteiger partial charge in [-0.1, -0.05) is 0 Å². The van der Waals surface area contributed by atoms with Gasteiger partial charge in [-0.3, -0.25) is 25.2 Å². The van der Waals surface area contributed by atoms with Crippen LogP contribution in [-0.4, -0.2) is 22.7 Å². The fourth-order valence-corrected chi connectivity index (χ4v) is 4.53. The average Bonchev–Trinajstić information content (AvgIpc) is 3.16. The van der Waals surface area contributed by atoms with Crippen LogP contribution < -0.4 is 21.9 Å². The highest BCUT2D eigenvalue weighted by Crippen LogP contribution is 2.34. The normalized spacial score (nSPS) is 10.6. The third-order valence-electron chi connectivity index (χ3n) is 3.65. The number of nitrogens with zero attached hydrogens (tertiary/aromatic N) is 1. The molecule has 0 aliphatic rings. The van der Waals surface area contributed by atoms with Gasteiger partial charge in [-0.25, -0.2) is 4.98 Å². The number of rotatable bonds is 3. The predicted molar refractivity (Wildman–Crippen MR) is 107 cm³/mol. The molecule has 0 saturated carbocycles. The number of hydrogen-bond donors (Lipinski definition) is 4. The van der Waals surface area contributed by atoms with E-state index in [-0.39, 0.29) is 10.8 Å². The first-order valence-electron chi connectivity index (χ1n) is 7.90. The Morgan fingerprint density at radius 1 is 1.07 bits per heavy atom. The third kappa shape index (κ3) is 3.91. The zero-order chi connectivity index (χ0) is 19.7. The number of amides is 3. The van der Waals surface area contributed by atoms with E-state index < -0.39 is 11.8 Å². The molecule has 0 unspecified atom stereocenters. The van der Waals surface area contributed by atoms with Crippen molar-refractivity contribution < 1.29 is 14.4 Å². The molecule has 0 saturated heterocycles. The lowest BCUT2D eigenvalue weighted by molar-refractivity contribution is -0.114. The number of nitrogens with two attached hydrogens (primary N) is 1. The number of nitrogens with one attached hydrogen (secondary N) is 3. The molecule has 3 rings (SSSR count). The van der Waals surface area contributed by atoms with Gasteiger partial charge in [0, 0.05) is 18.0 Å². The van der Waals surface area contributed by atoms with Crippen LogP contribution in [0.2, 0.25) is 0 Å². The Hall–Kier alpha value is -2.98. The van der Waals surface area contributed by atoms with Crippen molar-refractivity contribution in [3.63, 3.8) is 0 Å². The fourth-order valence-electron chi connectivity index (χ4n) is 2.57. The van der Waals surface area contributed by atoms with Gasteiger partial charge < -0.3 is 11.1 Å². The highest BCUT2D eigenvalue weighted by Gasteiger charge is 2.20. The van der Waals surface area contributed by atoms with Gasteiger partial charge in [-0.05, 0) is 37.6 Å². The van der Waals surface area contributed by atoms with Crippen LogP contribution in [0.25, 0.3) is 10.2 Å². The summed E-state index contributed by atoms with van der Waals surface area (Å²) in [5.74, 6) is -1.23. The lowest BCUT2D eigenvalue weighted by Gasteiger charge is -2.05. The summed E-state index contributed by atoms with van der Waals surface area (Å²) in [4.78, 5) is 41.4. The number of fused-ring (bicyclic) bond motifs is 1. The molecular weight excluding hydrogens is 386 g/mol. The predicted octanol–water partition coefficient (Wildman–Crippen LogP) is 2.59. The van der Waals surface area contributed by atoms with Gasteiger partial charge in [0.05, 0.1) is 15.6 Å². The van der Waals surface area contributed by atoms with E-state index in [4.69, 9.17) is 5.73 Å². The number of thiophene rings is 2. The van der Waals surface area contributed by atoms with E-state index >= 15 is 0 Å². The largest absolute Gasteiger partial charge is 0.397 e. The summed E-state index contributed by atoms with van der Waals surface area (Å²) in [6.45, 7) is 5.17. The number of pyridine rings is 1. The Kier molecular flexibility index (Phi) is 5.10. The topological polar surface area (TPSA) is 126 Å². The highest BCUT2D eigenvalue weighted by molar-refractivity contribution is 7.21. The number of aryl methyl sites for hydroxylation is 2. The van der Waals surface area contributed by atoms with Crippen LogP contribution >= 0.6 is 22.7 Å². The van der Waals surface area contributed by atoms with E-state index in [9.17, 15) is 14.4 Å². The van der Waals surface area contributed by atoms with Crippen molar-refractivity contribution in [2.45, 2.75) is 20.8 Å². The molecule has 0 fully saturated rings. The fraction of sp³-hybridized carbons (Fsp3) is 0.176. The minimum Gasteiger partial charge on any atom is -0.397 e. The molecule has 0 radical (unpaired) electrons. The Morgan fingerprint density at radius 2 is 1.78 bits per heavy atom. The maximum absolute atomic E-state index is 12.4. The lowest BCUT2D eigenvalue weighted by Crippen LogP contribution is -2.41. The first-order valence-corrected chi connectivity index (χ1v) is 9.54. The molecule has 8 nitrogen and oxygen atoms in total. The molecule has 140 valence electrons. The summed E-state index contributed by atoms with van der Waals surface area (Å²) >= 11 is 2.27. The lowest BCUT2D eigenvalue weighted by atomic mass is 10.1. The summed E-state index contributed by atoms with van der Waals surface area (Å²) in [5, 5.41) is 3.89. The summed E-state index contributed by atoms with van der Waals surface area (Å²) in [7, 11) is 0. The summed E-state index contributed by atoms with van der Waals surface area (Å²) < 4.78 is 0. The molecule has 0 aliphatic carbocycles.